The van der Waals surface area contributed by atoms with Crippen molar-refractivity contribution in [3.8, 4) is 0 Å². The highest BCUT2D eigenvalue weighted by Crippen LogP contribution is 2.31. The molecule has 0 unspecified atom stereocenters. The van der Waals surface area contributed by atoms with E-state index in [-0.39, 0.29) is 36.8 Å². The van der Waals surface area contributed by atoms with E-state index in [4.69, 9.17) is 4.74 Å². The molecule has 2 aliphatic rings. The molecule has 2 heterocycles. The highest BCUT2D eigenvalue weighted by molar-refractivity contribution is 5.95. The zero-order chi connectivity index (χ0) is 24.9. The summed E-state index contributed by atoms with van der Waals surface area (Å²) < 4.78 is 58.2. The highest BCUT2D eigenvalue weighted by Gasteiger charge is 2.36. The number of piperidine rings is 2. The van der Waals surface area contributed by atoms with Crippen LogP contribution in [-0.2, 0) is 20.5 Å². The maximum Gasteiger partial charge on any atom is 0.416 e. The number of benzene rings is 1. The molecule has 3 rings (SSSR count). The van der Waals surface area contributed by atoms with Gasteiger partial charge in [-0.15, -0.1) is 0 Å². The minimum Gasteiger partial charge on any atom is -0.465 e. The SMILES string of the molecule is CCCCOC(=O)C1CCN(C(=O)C2CCN(C(=O)c3cc(C(F)(F)F)ccc3F)CC2)CC1. The van der Waals surface area contributed by atoms with Gasteiger partial charge in [0.2, 0.25) is 5.91 Å². The summed E-state index contributed by atoms with van der Waals surface area (Å²) >= 11 is 0. The van der Waals surface area contributed by atoms with Crippen molar-refractivity contribution < 1.29 is 36.7 Å². The van der Waals surface area contributed by atoms with Crippen molar-refractivity contribution in [1.82, 2.24) is 9.80 Å². The molecule has 2 saturated heterocycles. The first-order chi connectivity index (χ1) is 16.1. The lowest BCUT2D eigenvalue weighted by atomic mass is 9.91. The lowest BCUT2D eigenvalue weighted by Crippen LogP contribution is -2.47. The standard InChI is InChI=1S/C24H30F4N2O4/c1-2-3-14-34-23(33)17-8-12-29(13-9-17)21(31)16-6-10-30(11-7-16)22(32)19-15-18(24(26,27)28)4-5-20(19)25/h4-5,15-17H,2-3,6-14H2,1H3. The molecule has 0 saturated carbocycles. The summed E-state index contributed by atoms with van der Waals surface area (Å²) in [4.78, 5) is 40.7. The summed E-state index contributed by atoms with van der Waals surface area (Å²) in [6, 6.07) is 1.78. The molecule has 0 spiro atoms. The second-order valence-corrected chi connectivity index (χ2v) is 8.88. The van der Waals surface area contributed by atoms with Gasteiger partial charge in [0.1, 0.15) is 5.82 Å². The number of likely N-dealkylation sites (tertiary alicyclic amines) is 2. The number of hydrogen-bond donors (Lipinski definition) is 0. The van der Waals surface area contributed by atoms with Crippen molar-refractivity contribution in [3.05, 3.63) is 35.1 Å². The molecule has 1 aromatic carbocycles. The van der Waals surface area contributed by atoms with Crippen LogP contribution < -0.4 is 0 Å². The maximum absolute atomic E-state index is 14.1. The van der Waals surface area contributed by atoms with Crippen LogP contribution in [0.3, 0.4) is 0 Å². The van der Waals surface area contributed by atoms with Crippen molar-refractivity contribution >= 4 is 17.8 Å². The number of carbonyl (C=O) groups is 3. The van der Waals surface area contributed by atoms with Crippen LogP contribution in [-0.4, -0.2) is 60.4 Å². The minimum absolute atomic E-state index is 0.0462. The average molecular weight is 487 g/mol. The van der Waals surface area contributed by atoms with E-state index >= 15 is 0 Å². The van der Waals surface area contributed by atoms with Crippen LogP contribution in [0.5, 0.6) is 0 Å². The summed E-state index contributed by atoms with van der Waals surface area (Å²) in [6.45, 7) is 3.66. The predicted octanol–water partition coefficient (Wildman–Crippen LogP) is 4.28. The Morgan fingerprint density at radius 1 is 0.971 bits per heavy atom. The van der Waals surface area contributed by atoms with Crippen molar-refractivity contribution in [2.24, 2.45) is 11.8 Å². The summed E-state index contributed by atoms with van der Waals surface area (Å²) in [5.41, 5.74) is -1.70. The quantitative estimate of drug-likeness (QED) is 0.342. The lowest BCUT2D eigenvalue weighted by molar-refractivity contribution is -0.152. The Labute approximate surface area is 196 Å². The van der Waals surface area contributed by atoms with Crippen LogP contribution in [0.2, 0.25) is 0 Å². The summed E-state index contributed by atoms with van der Waals surface area (Å²) in [7, 11) is 0. The molecule has 0 aromatic heterocycles. The van der Waals surface area contributed by atoms with Gasteiger partial charge in [-0.3, -0.25) is 14.4 Å². The number of carbonyl (C=O) groups excluding carboxylic acids is 3. The van der Waals surface area contributed by atoms with Crippen molar-refractivity contribution in [2.75, 3.05) is 32.8 Å². The molecule has 6 nitrogen and oxygen atoms in total. The van der Waals surface area contributed by atoms with Gasteiger partial charge in [0.05, 0.1) is 23.7 Å². The van der Waals surface area contributed by atoms with Crippen molar-refractivity contribution in [1.29, 1.82) is 0 Å². The number of amides is 2. The van der Waals surface area contributed by atoms with E-state index in [9.17, 15) is 31.9 Å². The van der Waals surface area contributed by atoms with E-state index in [1.807, 2.05) is 6.92 Å². The Kier molecular flexibility index (Phi) is 8.54. The predicted molar refractivity (Wildman–Crippen MR) is 115 cm³/mol. The topological polar surface area (TPSA) is 66.9 Å². The zero-order valence-electron chi connectivity index (χ0n) is 19.2. The molecule has 0 radical (unpaired) electrons. The molecule has 0 atom stereocenters. The van der Waals surface area contributed by atoms with Crippen molar-refractivity contribution in [2.45, 2.75) is 51.6 Å². The number of nitrogens with zero attached hydrogens (tertiary/aromatic N) is 2. The first-order valence-electron chi connectivity index (χ1n) is 11.7. The molecule has 2 fully saturated rings. The van der Waals surface area contributed by atoms with Gasteiger partial charge in [-0.2, -0.15) is 13.2 Å². The second kappa shape index (κ2) is 11.2. The number of rotatable bonds is 6. The minimum atomic E-state index is -4.68. The number of alkyl halides is 3. The fraction of sp³-hybridized carbons (Fsp3) is 0.625. The lowest BCUT2D eigenvalue weighted by Gasteiger charge is -2.37. The van der Waals surface area contributed by atoms with Crippen LogP contribution in [0.1, 0.15) is 61.4 Å². The van der Waals surface area contributed by atoms with E-state index in [2.05, 4.69) is 0 Å². The molecule has 0 aliphatic carbocycles. The smallest absolute Gasteiger partial charge is 0.416 e. The van der Waals surface area contributed by atoms with E-state index < -0.39 is 29.0 Å². The maximum atomic E-state index is 14.1. The van der Waals surface area contributed by atoms with E-state index in [1.165, 1.54) is 4.90 Å². The third-order valence-electron chi connectivity index (χ3n) is 6.54. The van der Waals surface area contributed by atoms with Gasteiger partial charge in [-0.05, 0) is 50.3 Å². The van der Waals surface area contributed by atoms with Crippen LogP contribution in [0, 0.1) is 17.7 Å². The molecule has 0 N–H and O–H groups in total. The fourth-order valence-corrected chi connectivity index (χ4v) is 4.39. The van der Waals surface area contributed by atoms with E-state index in [0.29, 0.717) is 63.6 Å². The Bertz CT molecular complexity index is 889. The van der Waals surface area contributed by atoms with E-state index in [1.54, 1.807) is 4.90 Å². The number of hydrogen-bond acceptors (Lipinski definition) is 4. The van der Waals surface area contributed by atoms with E-state index in [0.717, 1.165) is 12.8 Å². The third kappa shape index (κ3) is 6.27. The van der Waals surface area contributed by atoms with Gasteiger partial charge < -0.3 is 14.5 Å². The number of esters is 1. The molecule has 10 heteroatoms. The molecule has 2 aliphatic heterocycles. The van der Waals surface area contributed by atoms with Crippen LogP contribution in [0.15, 0.2) is 18.2 Å². The molecular formula is C24H30F4N2O4. The van der Waals surface area contributed by atoms with Crippen LogP contribution in [0.4, 0.5) is 17.6 Å². The molecule has 34 heavy (non-hydrogen) atoms. The third-order valence-corrected chi connectivity index (χ3v) is 6.54. The first kappa shape index (κ1) is 26.0. The van der Waals surface area contributed by atoms with Gasteiger partial charge in [0.25, 0.3) is 5.91 Å². The average Bonchev–Trinajstić information content (AvgIpc) is 2.83. The molecule has 0 bridgehead atoms. The molecule has 188 valence electrons. The van der Waals surface area contributed by atoms with Crippen LogP contribution >= 0.6 is 0 Å². The molecule has 2 amide bonds. The zero-order valence-corrected chi connectivity index (χ0v) is 19.2. The summed E-state index contributed by atoms with van der Waals surface area (Å²) in [6.07, 6.45) is -1.12. The van der Waals surface area contributed by atoms with Gasteiger partial charge in [0, 0.05) is 32.1 Å². The van der Waals surface area contributed by atoms with Gasteiger partial charge >= 0.3 is 12.1 Å². The van der Waals surface area contributed by atoms with Gasteiger partial charge in [-0.25, -0.2) is 4.39 Å². The number of unbranched alkanes of at least 4 members (excludes halogenated alkanes) is 1. The Morgan fingerprint density at radius 2 is 1.56 bits per heavy atom. The molecular weight excluding hydrogens is 456 g/mol. The monoisotopic (exact) mass is 486 g/mol. The highest BCUT2D eigenvalue weighted by atomic mass is 19.4. The van der Waals surface area contributed by atoms with Crippen molar-refractivity contribution in [3.63, 3.8) is 0 Å². The van der Waals surface area contributed by atoms with Gasteiger partial charge in [-0.1, -0.05) is 13.3 Å². The summed E-state index contributed by atoms with van der Waals surface area (Å²) in [5, 5.41) is 0. The second-order valence-electron chi connectivity index (χ2n) is 8.88. The first-order valence-corrected chi connectivity index (χ1v) is 11.7. The Balaban J connectivity index is 1.50. The summed E-state index contributed by atoms with van der Waals surface area (Å²) in [5.74, 6) is -2.60. The largest absolute Gasteiger partial charge is 0.465 e. The number of ether oxygens (including phenoxy) is 1. The molecule has 1 aromatic rings. The number of halogens is 4. The van der Waals surface area contributed by atoms with Gasteiger partial charge in [0.15, 0.2) is 0 Å². The Hall–Kier alpha value is -2.65. The normalized spacial score (nSPS) is 18.1. The Morgan fingerprint density at radius 3 is 2.15 bits per heavy atom. The van der Waals surface area contributed by atoms with Crippen LogP contribution in [0.25, 0.3) is 0 Å². The fourth-order valence-electron chi connectivity index (χ4n) is 4.39.